The predicted octanol–water partition coefficient (Wildman–Crippen LogP) is 6.32. The molecule has 0 saturated heterocycles. The lowest BCUT2D eigenvalue weighted by Gasteiger charge is -2.22. The van der Waals surface area contributed by atoms with Crippen molar-refractivity contribution >= 4 is 17.0 Å². The highest BCUT2D eigenvalue weighted by atomic mass is 19.4. The fourth-order valence-corrected chi connectivity index (χ4v) is 4.58. The summed E-state index contributed by atoms with van der Waals surface area (Å²) in [5.74, 6) is -0.284. The maximum atomic E-state index is 12.5. The number of alkyl halides is 3. The van der Waals surface area contributed by atoms with Crippen molar-refractivity contribution in [2.45, 2.75) is 70.7 Å². The molecular formula is C26H29F3N2O4. The second-order valence-corrected chi connectivity index (χ2v) is 9.84. The van der Waals surface area contributed by atoms with Gasteiger partial charge in [-0.15, -0.1) is 13.2 Å². The monoisotopic (exact) mass is 490 g/mol. The van der Waals surface area contributed by atoms with Gasteiger partial charge in [-0.2, -0.15) is 0 Å². The quantitative estimate of drug-likeness (QED) is 0.439. The number of amides is 1. The minimum atomic E-state index is -4.75. The van der Waals surface area contributed by atoms with Crippen LogP contribution in [-0.2, 0) is 11.3 Å². The SMILES string of the molecule is CC(C)(C)OC(=O)N[C@@H]1CCC(n2cc(-c3ccc(OC(F)(F)F)cc3)c3cc(CO)ccc32)C1. The highest BCUT2D eigenvalue weighted by molar-refractivity contribution is 5.96. The zero-order chi connectivity index (χ0) is 25.4. The Hall–Kier alpha value is -3.20. The van der Waals surface area contributed by atoms with Crippen LogP contribution in [0.5, 0.6) is 5.75 Å². The van der Waals surface area contributed by atoms with E-state index in [2.05, 4.69) is 14.6 Å². The molecule has 2 atom stereocenters. The van der Waals surface area contributed by atoms with E-state index in [4.69, 9.17) is 4.74 Å². The summed E-state index contributed by atoms with van der Waals surface area (Å²) in [6, 6.07) is 11.6. The van der Waals surface area contributed by atoms with E-state index in [1.165, 1.54) is 12.1 Å². The maximum absolute atomic E-state index is 12.5. The van der Waals surface area contributed by atoms with Crippen LogP contribution < -0.4 is 10.1 Å². The number of ether oxygens (including phenoxy) is 2. The molecule has 1 aromatic heterocycles. The number of carbonyl (C=O) groups excluding carboxylic acids is 1. The Kier molecular flexibility index (Phi) is 6.73. The van der Waals surface area contributed by atoms with Crippen molar-refractivity contribution in [1.82, 2.24) is 9.88 Å². The van der Waals surface area contributed by atoms with E-state index in [0.717, 1.165) is 46.9 Å². The molecule has 0 radical (unpaired) electrons. The van der Waals surface area contributed by atoms with Gasteiger partial charge in [-0.1, -0.05) is 18.2 Å². The number of nitrogens with one attached hydrogen (secondary N) is 1. The van der Waals surface area contributed by atoms with Crippen molar-refractivity contribution in [2.75, 3.05) is 0 Å². The first-order valence-electron chi connectivity index (χ1n) is 11.5. The van der Waals surface area contributed by atoms with Gasteiger partial charge in [0, 0.05) is 34.7 Å². The van der Waals surface area contributed by atoms with Crippen LogP contribution in [0.3, 0.4) is 0 Å². The van der Waals surface area contributed by atoms with E-state index in [0.29, 0.717) is 0 Å². The van der Waals surface area contributed by atoms with Gasteiger partial charge in [0.25, 0.3) is 0 Å². The number of aliphatic hydroxyl groups excluding tert-OH is 1. The molecule has 0 bridgehead atoms. The van der Waals surface area contributed by atoms with E-state index in [-0.39, 0.29) is 24.4 Å². The van der Waals surface area contributed by atoms with E-state index in [1.807, 2.05) is 45.2 Å². The molecule has 35 heavy (non-hydrogen) atoms. The van der Waals surface area contributed by atoms with Crippen LogP contribution in [0, 0.1) is 0 Å². The van der Waals surface area contributed by atoms with Gasteiger partial charge < -0.3 is 24.5 Å². The fourth-order valence-electron chi connectivity index (χ4n) is 4.58. The number of nitrogens with zero attached hydrogens (tertiary/aromatic N) is 1. The van der Waals surface area contributed by atoms with Crippen molar-refractivity contribution in [2.24, 2.45) is 0 Å². The zero-order valence-electron chi connectivity index (χ0n) is 19.9. The molecule has 1 aliphatic rings. The Balaban J connectivity index is 1.61. The number of carbonyl (C=O) groups is 1. The number of halogens is 3. The van der Waals surface area contributed by atoms with Crippen LogP contribution in [0.4, 0.5) is 18.0 Å². The van der Waals surface area contributed by atoms with Crippen molar-refractivity contribution < 1.29 is 32.5 Å². The smallest absolute Gasteiger partial charge is 0.444 e. The van der Waals surface area contributed by atoms with E-state index < -0.39 is 18.1 Å². The maximum Gasteiger partial charge on any atom is 0.573 e. The molecule has 0 aliphatic heterocycles. The lowest BCUT2D eigenvalue weighted by Crippen LogP contribution is -2.38. The Morgan fingerprint density at radius 3 is 2.46 bits per heavy atom. The standard InChI is InChI=1S/C26H29F3N2O4/c1-25(2,3)35-24(33)30-18-7-8-19(13-18)31-14-22(21-12-16(15-32)4-11-23(21)31)17-5-9-20(10-6-17)34-26(27,28)29/h4-6,9-12,14,18-19,32H,7-8,13,15H2,1-3H3,(H,30,33)/t18-,19?/m1/s1. The number of hydrogen-bond acceptors (Lipinski definition) is 4. The third kappa shape index (κ3) is 6.08. The van der Waals surface area contributed by atoms with Gasteiger partial charge in [-0.05, 0) is 75.4 Å². The van der Waals surface area contributed by atoms with E-state index in [9.17, 15) is 23.1 Å². The normalized spacial score (nSPS) is 18.6. The Labute approximate surface area is 201 Å². The number of fused-ring (bicyclic) bond motifs is 1. The lowest BCUT2D eigenvalue weighted by atomic mass is 10.0. The predicted molar refractivity (Wildman–Crippen MR) is 126 cm³/mol. The van der Waals surface area contributed by atoms with Crippen molar-refractivity contribution in [3.63, 3.8) is 0 Å². The molecule has 4 rings (SSSR count). The molecule has 2 aromatic carbocycles. The summed E-state index contributed by atoms with van der Waals surface area (Å²) in [4.78, 5) is 12.2. The van der Waals surface area contributed by atoms with Gasteiger partial charge in [0.05, 0.1) is 6.61 Å². The average Bonchev–Trinajstić information content (AvgIpc) is 3.35. The van der Waals surface area contributed by atoms with Gasteiger partial charge in [0.2, 0.25) is 0 Å². The van der Waals surface area contributed by atoms with Crippen LogP contribution in [0.2, 0.25) is 0 Å². The topological polar surface area (TPSA) is 72.7 Å². The summed E-state index contributed by atoms with van der Waals surface area (Å²) < 4.78 is 49.1. The summed E-state index contributed by atoms with van der Waals surface area (Å²) in [7, 11) is 0. The number of alkyl carbamates (subject to hydrolysis) is 1. The van der Waals surface area contributed by atoms with E-state index in [1.54, 1.807) is 12.1 Å². The van der Waals surface area contributed by atoms with Crippen LogP contribution in [0.15, 0.2) is 48.7 Å². The number of aliphatic hydroxyl groups is 1. The third-order valence-electron chi connectivity index (χ3n) is 6.00. The van der Waals surface area contributed by atoms with Gasteiger partial charge in [-0.25, -0.2) is 4.79 Å². The lowest BCUT2D eigenvalue weighted by molar-refractivity contribution is -0.274. The second-order valence-electron chi connectivity index (χ2n) is 9.84. The van der Waals surface area contributed by atoms with Crippen molar-refractivity contribution in [3.8, 4) is 16.9 Å². The average molecular weight is 491 g/mol. The summed E-state index contributed by atoms with van der Waals surface area (Å²) in [6.07, 6.45) is -0.815. The molecule has 9 heteroatoms. The molecule has 3 aromatic rings. The van der Waals surface area contributed by atoms with Gasteiger partial charge in [-0.3, -0.25) is 0 Å². The first-order valence-corrected chi connectivity index (χ1v) is 11.5. The number of aromatic nitrogens is 1. The summed E-state index contributed by atoms with van der Waals surface area (Å²) in [5, 5.41) is 13.5. The Morgan fingerprint density at radius 2 is 1.83 bits per heavy atom. The summed E-state index contributed by atoms with van der Waals surface area (Å²) >= 11 is 0. The van der Waals surface area contributed by atoms with Gasteiger partial charge in [0.15, 0.2) is 0 Å². The van der Waals surface area contributed by atoms with Crippen molar-refractivity contribution in [1.29, 1.82) is 0 Å². The van der Waals surface area contributed by atoms with Crippen LogP contribution in [0.1, 0.15) is 51.6 Å². The first-order chi connectivity index (χ1) is 16.4. The highest BCUT2D eigenvalue weighted by Gasteiger charge is 2.32. The summed E-state index contributed by atoms with van der Waals surface area (Å²) in [6.45, 7) is 5.34. The Morgan fingerprint density at radius 1 is 1.11 bits per heavy atom. The number of benzene rings is 2. The summed E-state index contributed by atoms with van der Waals surface area (Å²) in [5.41, 5.74) is 2.70. The molecule has 6 nitrogen and oxygen atoms in total. The second kappa shape index (κ2) is 9.45. The minimum absolute atomic E-state index is 0.0220. The molecule has 1 aliphatic carbocycles. The third-order valence-corrected chi connectivity index (χ3v) is 6.00. The minimum Gasteiger partial charge on any atom is -0.444 e. The molecule has 188 valence electrons. The van der Waals surface area contributed by atoms with Gasteiger partial charge >= 0.3 is 12.5 Å². The van der Waals surface area contributed by atoms with Crippen LogP contribution in [0.25, 0.3) is 22.0 Å². The molecule has 1 amide bonds. The molecule has 1 fully saturated rings. The number of hydrogen-bond donors (Lipinski definition) is 2. The number of rotatable bonds is 5. The van der Waals surface area contributed by atoms with Crippen LogP contribution >= 0.6 is 0 Å². The molecule has 1 unspecified atom stereocenters. The molecular weight excluding hydrogens is 461 g/mol. The first kappa shape index (κ1) is 24.9. The van der Waals surface area contributed by atoms with Crippen LogP contribution in [-0.4, -0.2) is 33.8 Å². The molecule has 0 spiro atoms. The Bertz CT molecular complexity index is 1200. The molecule has 2 N–H and O–H groups in total. The zero-order valence-corrected chi connectivity index (χ0v) is 19.9. The molecule has 1 heterocycles. The fraction of sp³-hybridized carbons (Fsp3) is 0.423. The largest absolute Gasteiger partial charge is 0.573 e. The van der Waals surface area contributed by atoms with Crippen molar-refractivity contribution in [3.05, 3.63) is 54.2 Å². The highest BCUT2D eigenvalue weighted by Crippen LogP contribution is 2.39. The van der Waals surface area contributed by atoms with E-state index >= 15 is 0 Å². The van der Waals surface area contributed by atoms with Gasteiger partial charge in [0.1, 0.15) is 11.4 Å². The molecule has 1 saturated carbocycles.